The lowest BCUT2D eigenvalue weighted by Crippen LogP contribution is -2.16. The highest BCUT2D eigenvalue weighted by atomic mass is 16.7. The highest BCUT2D eigenvalue weighted by Crippen LogP contribution is 2.00. The van der Waals surface area contributed by atoms with E-state index in [1.165, 1.54) is 0 Å². The molecule has 4 heteroatoms. The average Bonchev–Trinajstić information content (AvgIpc) is 2.37. The second kappa shape index (κ2) is 12.4. The van der Waals surface area contributed by atoms with Gasteiger partial charge in [-0.15, -0.1) is 12.8 Å². The van der Waals surface area contributed by atoms with Gasteiger partial charge in [-0.1, -0.05) is 11.8 Å². The minimum absolute atomic E-state index is 0.264. The Labute approximate surface area is 110 Å². The molecule has 0 N–H and O–H groups in total. The Kier molecular flexibility index (Phi) is 11.7. The molecule has 0 saturated carbocycles. The summed E-state index contributed by atoms with van der Waals surface area (Å²) in [5.74, 6) is 4.78. The number of hydrogen-bond donors (Lipinski definition) is 0. The topological polar surface area (TPSA) is 36.9 Å². The lowest BCUT2D eigenvalue weighted by atomic mass is 10.3. The van der Waals surface area contributed by atoms with Crippen molar-refractivity contribution in [2.45, 2.75) is 39.3 Å². The van der Waals surface area contributed by atoms with Crippen LogP contribution in [0.2, 0.25) is 0 Å². The molecule has 0 heterocycles. The predicted molar refractivity (Wildman–Crippen MR) is 69.6 cm³/mol. The van der Waals surface area contributed by atoms with E-state index in [1.807, 2.05) is 13.8 Å². The Morgan fingerprint density at radius 2 is 1.17 bits per heavy atom. The van der Waals surface area contributed by atoms with Gasteiger partial charge in [0.15, 0.2) is 12.6 Å². The van der Waals surface area contributed by atoms with Crippen LogP contribution in [0.25, 0.3) is 0 Å². The number of unbranched alkanes of at least 4 members (excludes halogenated alkanes) is 1. The van der Waals surface area contributed by atoms with E-state index >= 15 is 0 Å². The fraction of sp³-hybridized carbons (Fsp3) is 0.714. The van der Waals surface area contributed by atoms with E-state index in [-0.39, 0.29) is 25.8 Å². The largest absolute Gasteiger partial charge is 0.353 e. The molecule has 102 valence electrons. The molecule has 18 heavy (non-hydrogen) atoms. The van der Waals surface area contributed by atoms with Crippen molar-refractivity contribution in [1.29, 1.82) is 0 Å². The smallest absolute Gasteiger partial charge is 0.156 e. The summed E-state index contributed by atoms with van der Waals surface area (Å²) in [5.41, 5.74) is 0. The quantitative estimate of drug-likeness (QED) is 0.320. The maximum atomic E-state index is 5.38. The predicted octanol–water partition coefficient (Wildman–Crippen LogP) is 1.79. The van der Waals surface area contributed by atoms with Crippen LogP contribution in [0, 0.1) is 24.7 Å². The average molecular weight is 254 g/mol. The van der Waals surface area contributed by atoms with Gasteiger partial charge in [-0.3, -0.25) is 0 Å². The summed E-state index contributed by atoms with van der Waals surface area (Å²) in [5, 5.41) is 0. The molecule has 0 amide bonds. The lowest BCUT2D eigenvalue weighted by Gasteiger charge is -2.13. The third-order valence-corrected chi connectivity index (χ3v) is 2.05. The van der Waals surface area contributed by atoms with Crippen molar-refractivity contribution in [1.82, 2.24) is 0 Å². The summed E-state index contributed by atoms with van der Waals surface area (Å²) in [7, 11) is 0. The van der Waals surface area contributed by atoms with E-state index in [0.717, 1.165) is 12.8 Å². The van der Waals surface area contributed by atoms with Gasteiger partial charge in [-0.25, -0.2) is 0 Å². The van der Waals surface area contributed by atoms with E-state index in [4.69, 9.17) is 31.8 Å². The second-order valence-electron chi connectivity index (χ2n) is 3.61. The van der Waals surface area contributed by atoms with Gasteiger partial charge >= 0.3 is 0 Å². The molecular formula is C14H22O4. The van der Waals surface area contributed by atoms with Crippen molar-refractivity contribution in [3.05, 3.63) is 0 Å². The highest BCUT2D eigenvalue weighted by Gasteiger charge is 2.02. The zero-order chi connectivity index (χ0) is 13.6. The zero-order valence-electron chi connectivity index (χ0n) is 11.2. The minimum Gasteiger partial charge on any atom is -0.353 e. The van der Waals surface area contributed by atoms with Crippen LogP contribution in [-0.4, -0.2) is 39.0 Å². The minimum atomic E-state index is -0.264. The van der Waals surface area contributed by atoms with Crippen LogP contribution in [0.15, 0.2) is 0 Å². The maximum Gasteiger partial charge on any atom is 0.156 e. The third kappa shape index (κ3) is 11.4. The molecule has 0 aliphatic rings. The van der Waals surface area contributed by atoms with Gasteiger partial charge in [-0.05, 0) is 26.7 Å². The van der Waals surface area contributed by atoms with E-state index < -0.39 is 0 Å². The summed E-state index contributed by atoms with van der Waals surface area (Å²) in [6, 6.07) is 0. The summed E-state index contributed by atoms with van der Waals surface area (Å²) in [6.45, 7) is 5.43. The molecule has 0 spiro atoms. The normalized spacial score (nSPS) is 13.6. The molecule has 2 atom stereocenters. The molecular weight excluding hydrogens is 232 g/mol. The second-order valence-corrected chi connectivity index (χ2v) is 3.61. The Bertz CT molecular complexity index is 236. The van der Waals surface area contributed by atoms with Gasteiger partial charge in [0.1, 0.15) is 13.2 Å². The molecule has 0 aromatic rings. The molecule has 0 radical (unpaired) electrons. The Morgan fingerprint density at radius 1 is 0.778 bits per heavy atom. The highest BCUT2D eigenvalue weighted by molar-refractivity contribution is 4.83. The SMILES string of the molecule is C#CCOC(C)OCCCCOC(C)OCC#C. The molecule has 0 fully saturated rings. The van der Waals surface area contributed by atoms with Gasteiger partial charge in [0.25, 0.3) is 0 Å². The number of hydrogen-bond acceptors (Lipinski definition) is 4. The van der Waals surface area contributed by atoms with Crippen molar-refractivity contribution < 1.29 is 18.9 Å². The van der Waals surface area contributed by atoms with Crippen LogP contribution in [0.4, 0.5) is 0 Å². The first kappa shape index (κ1) is 17.0. The fourth-order valence-electron chi connectivity index (χ4n) is 1.13. The van der Waals surface area contributed by atoms with E-state index in [2.05, 4.69) is 11.8 Å². The van der Waals surface area contributed by atoms with Crippen LogP contribution < -0.4 is 0 Å². The number of rotatable bonds is 11. The van der Waals surface area contributed by atoms with Crippen LogP contribution >= 0.6 is 0 Å². The summed E-state index contributed by atoms with van der Waals surface area (Å²) in [4.78, 5) is 0. The molecule has 2 unspecified atom stereocenters. The first-order valence-corrected chi connectivity index (χ1v) is 6.04. The van der Waals surface area contributed by atoms with E-state index in [1.54, 1.807) is 0 Å². The third-order valence-electron chi connectivity index (χ3n) is 2.05. The summed E-state index contributed by atoms with van der Waals surface area (Å²) < 4.78 is 21.1. The van der Waals surface area contributed by atoms with Crippen molar-refractivity contribution >= 4 is 0 Å². The number of terminal acetylenes is 2. The molecule has 0 bridgehead atoms. The Morgan fingerprint density at radius 3 is 1.50 bits per heavy atom. The van der Waals surface area contributed by atoms with Crippen molar-refractivity contribution in [2.75, 3.05) is 26.4 Å². The van der Waals surface area contributed by atoms with Gasteiger partial charge in [-0.2, -0.15) is 0 Å². The van der Waals surface area contributed by atoms with E-state index in [9.17, 15) is 0 Å². The van der Waals surface area contributed by atoms with Gasteiger partial charge in [0.2, 0.25) is 0 Å². The Balaban J connectivity index is 3.25. The molecule has 0 rings (SSSR count). The first-order chi connectivity index (χ1) is 8.70. The maximum absolute atomic E-state index is 5.38. The summed E-state index contributed by atoms with van der Waals surface area (Å²) in [6.07, 6.45) is 11.4. The van der Waals surface area contributed by atoms with Crippen LogP contribution in [0.5, 0.6) is 0 Å². The van der Waals surface area contributed by atoms with Gasteiger partial charge in [0, 0.05) is 13.2 Å². The zero-order valence-corrected chi connectivity index (χ0v) is 11.2. The van der Waals surface area contributed by atoms with Crippen molar-refractivity contribution in [3.8, 4) is 24.7 Å². The standard InChI is InChI=1S/C14H22O4/c1-5-9-15-13(3)17-11-7-8-12-18-14(4)16-10-6-2/h1-2,13-14H,7-12H2,3-4H3. The van der Waals surface area contributed by atoms with Crippen LogP contribution in [0.1, 0.15) is 26.7 Å². The molecule has 0 aromatic heterocycles. The summed E-state index contributed by atoms with van der Waals surface area (Å²) >= 11 is 0. The van der Waals surface area contributed by atoms with E-state index in [0.29, 0.717) is 13.2 Å². The lowest BCUT2D eigenvalue weighted by molar-refractivity contribution is -0.131. The molecule has 0 saturated heterocycles. The van der Waals surface area contributed by atoms with Crippen molar-refractivity contribution in [3.63, 3.8) is 0 Å². The molecule has 0 aromatic carbocycles. The number of ether oxygens (including phenoxy) is 4. The van der Waals surface area contributed by atoms with Crippen LogP contribution in [-0.2, 0) is 18.9 Å². The monoisotopic (exact) mass is 254 g/mol. The van der Waals surface area contributed by atoms with Crippen LogP contribution in [0.3, 0.4) is 0 Å². The first-order valence-electron chi connectivity index (χ1n) is 6.04. The van der Waals surface area contributed by atoms with Gasteiger partial charge < -0.3 is 18.9 Å². The fourth-order valence-corrected chi connectivity index (χ4v) is 1.13. The molecule has 4 nitrogen and oxygen atoms in total. The Hall–Kier alpha value is -1.04. The van der Waals surface area contributed by atoms with Gasteiger partial charge in [0.05, 0.1) is 0 Å². The molecule has 0 aliphatic heterocycles. The van der Waals surface area contributed by atoms with Crippen molar-refractivity contribution in [2.24, 2.45) is 0 Å². The molecule has 0 aliphatic carbocycles.